The highest BCUT2D eigenvalue weighted by Crippen LogP contribution is 2.08. The molecular weight excluding hydrogens is 286 g/mol. The Kier molecular flexibility index (Phi) is 7.71. The molecule has 0 rings (SSSR count). The zero-order valence-corrected chi connectivity index (χ0v) is 14.3. The first kappa shape index (κ1) is 20.0. The van der Waals surface area contributed by atoms with Crippen molar-refractivity contribution in [1.82, 2.24) is 10.6 Å². The Hall–Kier alpha value is -1.97. The Labute approximate surface area is 132 Å². The number of rotatable bonds is 5. The van der Waals surface area contributed by atoms with Crippen molar-refractivity contribution in [3.05, 3.63) is 0 Å². The highest BCUT2D eigenvalue weighted by atomic mass is 16.6. The normalized spacial score (nSPS) is 12.8. The third-order valence-corrected chi connectivity index (χ3v) is 2.22. The predicted octanol–water partition coefficient (Wildman–Crippen LogP) is 2.71. The van der Waals surface area contributed by atoms with E-state index in [1.807, 2.05) is 6.07 Å². The number of carbonyl (C=O) groups excluding carboxylic acids is 2. The third kappa shape index (κ3) is 11.8. The van der Waals surface area contributed by atoms with Crippen LogP contribution in [0.15, 0.2) is 0 Å². The van der Waals surface area contributed by atoms with Crippen molar-refractivity contribution in [2.45, 2.75) is 71.6 Å². The van der Waals surface area contributed by atoms with E-state index in [9.17, 15) is 9.59 Å². The molecule has 0 aliphatic rings. The van der Waals surface area contributed by atoms with Crippen LogP contribution < -0.4 is 10.6 Å². The van der Waals surface area contributed by atoms with Crippen molar-refractivity contribution in [1.29, 1.82) is 5.26 Å². The molecule has 0 bridgehead atoms. The minimum absolute atomic E-state index is 0.134. The lowest BCUT2D eigenvalue weighted by atomic mass is 10.1. The smallest absolute Gasteiger partial charge is 0.407 e. The lowest BCUT2D eigenvalue weighted by Gasteiger charge is -2.23. The van der Waals surface area contributed by atoms with Crippen molar-refractivity contribution < 1.29 is 19.1 Å². The zero-order valence-electron chi connectivity index (χ0n) is 14.3. The molecule has 2 amide bonds. The fourth-order valence-electron chi connectivity index (χ4n) is 1.47. The molecule has 7 heteroatoms. The van der Waals surface area contributed by atoms with Crippen molar-refractivity contribution >= 4 is 12.2 Å². The Morgan fingerprint density at radius 1 is 1.05 bits per heavy atom. The maximum Gasteiger partial charge on any atom is 0.407 e. The highest BCUT2D eigenvalue weighted by Gasteiger charge is 2.20. The summed E-state index contributed by atoms with van der Waals surface area (Å²) in [6.07, 6.45) is -0.563. The molecule has 2 N–H and O–H groups in total. The lowest BCUT2D eigenvalue weighted by Crippen LogP contribution is -2.41. The van der Waals surface area contributed by atoms with E-state index in [1.54, 1.807) is 41.5 Å². The van der Waals surface area contributed by atoms with Crippen LogP contribution in [-0.2, 0) is 9.47 Å². The molecule has 0 fully saturated rings. The summed E-state index contributed by atoms with van der Waals surface area (Å²) in [5, 5.41) is 14.0. The van der Waals surface area contributed by atoms with Gasteiger partial charge in [-0.05, 0) is 48.0 Å². The Balaban J connectivity index is 4.23. The van der Waals surface area contributed by atoms with Gasteiger partial charge in [-0.25, -0.2) is 9.59 Å². The average molecular weight is 313 g/mol. The maximum atomic E-state index is 11.7. The Morgan fingerprint density at radius 3 is 2.00 bits per heavy atom. The number of nitriles is 1. The van der Waals surface area contributed by atoms with Gasteiger partial charge in [-0.15, -0.1) is 0 Å². The number of nitrogens with zero attached hydrogens (tertiary/aromatic N) is 1. The van der Waals surface area contributed by atoms with E-state index in [0.717, 1.165) is 0 Å². The van der Waals surface area contributed by atoms with Crippen LogP contribution in [0.25, 0.3) is 0 Å². The second kappa shape index (κ2) is 8.47. The van der Waals surface area contributed by atoms with Gasteiger partial charge in [0.15, 0.2) is 0 Å². The molecule has 0 radical (unpaired) electrons. The number of amides is 2. The summed E-state index contributed by atoms with van der Waals surface area (Å²) in [5.74, 6) is 0. The van der Waals surface area contributed by atoms with Gasteiger partial charge in [0.2, 0.25) is 0 Å². The lowest BCUT2D eigenvalue weighted by molar-refractivity contribution is 0.0501. The number of ether oxygens (including phenoxy) is 2. The summed E-state index contributed by atoms with van der Waals surface area (Å²) in [4.78, 5) is 23.2. The number of hydrogen-bond acceptors (Lipinski definition) is 5. The molecule has 0 aromatic heterocycles. The van der Waals surface area contributed by atoms with Crippen LogP contribution in [0, 0.1) is 11.3 Å². The second-order valence-corrected chi connectivity index (χ2v) is 6.92. The second-order valence-electron chi connectivity index (χ2n) is 6.92. The van der Waals surface area contributed by atoms with Gasteiger partial charge in [-0.3, -0.25) is 0 Å². The van der Waals surface area contributed by atoms with Crippen LogP contribution in [-0.4, -0.2) is 36.0 Å². The molecule has 1 atom stereocenters. The van der Waals surface area contributed by atoms with Crippen molar-refractivity contribution in [3.8, 4) is 6.07 Å². The van der Waals surface area contributed by atoms with Crippen LogP contribution in [0.3, 0.4) is 0 Å². The van der Waals surface area contributed by atoms with Crippen molar-refractivity contribution in [2.75, 3.05) is 6.54 Å². The first-order chi connectivity index (χ1) is 9.93. The first-order valence-electron chi connectivity index (χ1n) is 7.26. The van der Waals surface area contributed by atoms with Gasteiger partial charge < -0.3 is 20.1 Å². The fourth-order valence-corrected chi connectivity index (χ4v) is 1.47. The third-order valence-electron chi connectivity index (χ3n) is 2.22. The SMILES string of the molecule is CC(C)(C)OC(=O)NCC[C@@H](CC#N)NC(=O)OC(C)(C)C. The number of nitrogens with one attached hydrogen (secondary N) is 2. The molecule has 0 spiro atoms. The zero-order chi connectivity index (χ0) is 17.4. The minimum atomic E-state index is -0.601. The molecule has 7 nitrogen and oxygen atoms in total. The number of alkyl carbamates (subject to hydrolysis) is 2. The fraction of sp³-hybridized carbons (Fsp3) is 0.800. The van der Waals surface area contributed by atoms with Crippen molar-refractivity contribution in [2.24, 2.45) is 0 Å². The molecule has 0 saturated carbocycles. The predicted molar refractivity (Wildman–Crippen MR) is 82.2 cm³/mol. The molecule has 0 heterocycles. The van der Waals surface area contributed by atoms with Crippen LogP contribution in [0.4, 0.5) is 9.59 Å². The van der Waals surface area contributed by atoms with Crippen LogP contribution in [0.1, 0.15) is 54.4 Å². The standard InChI is InChI=1S/C15H27N3O4/c1-14(2,3)21-12(19)17-10-8-11(7-9-16)18-13(20)22-15(4,5)6/h11H,7-8,10H2,1-6H3,(H,17,19)(H,18,20)/t11-/m1/s1. The first-order valence-corrected chi connectivity index (χ1v) is 7.26. The summed E-state index contributed by atoms with van der Waals surface area (Å²) in [7, 11) is 0. The summed E-state index contributed by atoms with van der Waals surface area (Å²) in [6, 6.07) is 1.60. The van der Waals surface area contributed by atoms with Crippen LogP contribution in [0.2, 0.25) is 0 Å². The molecule has 0 aromatic rings. The summed E-state index contributed by atoms with van der Waals surface area (Å²) in [6.45, 7) is 10.9. The molecule has 22 heavy (non-hydrogen) atoms. The van der Waals surface area contributed by atoms with Gasteiger partial charge in [0.05, 0.1) is 12.5 Å². The molecular formula is C15H27N3O4. The van der Waals surface area contributed by atoms with E-state index in [-0.39, 0.29) is 13.0 Å². The number of carbonyl (C=O) groups is 2. The topological polar surface area (TPSA) is 100 Å². The number of hydrogen-bond donors (Lipinski definition) is 2. The largest absolute Gasteiger partial charge is 0.444 e. The molecule has 0 saturated heterocycles. The van der Waals surface area contributed by atoms with E-state index >= 15 is 0 Å². The molecule has 0 aromatic carbocycles. The summed E-state index contributed by atoms with van der Waals surface area (Å²) < 4.78 is 10.2. The Bertz CT molecular complexity index is 416. The quantitative estimate of drug-likeness (QED) is 0.812. The summed E-state index contributed by atoms with van der Waals surface area (Å²) >= 11 is 0. The van der Waals surface area contributed by atoms with Gasteiger partial charge in [0.25, 0.3) is 0 Å². The molecule has 126 valence electrons. The average Bonchev–Trinajstić information content (AvgIpc) is 2.23. The van der Waals surface area contributed by atoms with E-state index in [0.29, 0.717) is 6.42 Å². The van der Waals surface area contributed by atoms with Gasteiger partial charge >= 0.3 is 12.2 Å². The Morgan fingerprint density at radius 2 is 1.55 bits per heavy atom. The van der Waals surface area contributed by atoms with Crippen LogP contribution >= 0.6 is 0 Å². The van der Waals surface area contributed by atoms with Gasteiger partial charge in [0, 0.05) is 12.6 Å². The van der Waals surface area contributed by atoms with E-state index in [2.05, 4.69) is 10.6 Å². The van der Waals surface area contributed by atoms with Gasteiger partial charge in [0.1, 0.15) is 11.2 Å². The van der Waals surface area contributed by atoms with E-state index < -0.39 is 29.4 Å². The molecule has 0 unspecified atom stereocenters. The minimum Gasteiger partial charge on any atom is -0.444 e. The van der Waals surface area contributed by atoms with E-state index in [1.165, 1.54) is 0 Å². The molecule has 0 aliphatic carbocycles. The van der Waals surface area contributed by atoms with E-state index in [4.69, 9.17) is 14.7 Å². The highest BCUT2D eigenvalue weighted by molar-refractivity contribution is 5.68. The van der Waals surface area contributed by atoms with Crippen LogP contribution in [0.5, 0.6) is 0 Å². The maximum absolute atomic E-state index is 11.7. The monoisotopic (exact) mass is 313 g/mol. The van der Waals surface area contributed by atoms with Gasteiger partial charge in [-0.1, -0.05) is 0 Å². The van der Waals surface area contributed by atoms with Gasteiger partial charge in [-0.2, -0.15) is 5.26 Å². The van der Waals surface area contributed by atoms with Crippen molar-refractivity contribution in [3.63, 3.8) is 0 Å². The molecule has 0 aliphatic heterocycles. The summed E-state index contributed by atoms with van der Waals surface area (Å²) in [5.41, 5.74) is -1.17.